The predicted octanol–water partition coefficient (Wildman–Crippen LogP) is 3.56. The third-order valence-corrected chi connectivity index (χ3v) is 4.75. The number of hydrogen-bond donors (Lipinski definition) is 4. The van der Waals surface area contributed by atoms with Gasteiger partial charge in [0.05, 0.1) is 23.0 Å². The number of aromatic nitrogens is 2. The van der Waals surface area contributed by atoms with Gasteiger partial charge in [-0.3, -0.25) is 9.78 Å². The Hall–Kier alpha value is -3.43. The van der Waals surface area contributed by atoms with Gasteiger partial charge in [-0.2, -0.15) is 4.98 Å². The van der Waals surface area contributed by atoms with Crippen molar-refractivity contribution in [3.8, 4) is 17.0 Å². The predicted molar refractivity (Wildman–Crippen MR) is 122 cm³/mol. The average molecular weight is 460 g/mol. The Labute approximate surface area is 189 Å². The maximum atomic E-state index is 14.5. The number of benzene rings is 1. The molecule has 2 aromatic heterocycles. The lowest BCUT2D eigenvalue weighted by atomic mass is 10.1. The van der Waals surface area contributed by atoms with E-state index in [1.807, 2.05) is 0 Å². The summed E-state index contributed by atoms with van der Waals surface area (Å²) in [6.07, 6.45) is 2.19. The molecule has 1 aromatic carbocycles. The molecule has 1 atom stereocenters. The quantitative estimate of drug-likeness (QED) is 0.427. The molecule has 0 aliphatic carbocycles. The SMILES string of the molecule is CC(O)CNC(=O)c1cnccc1Nc1cc(-c2cc(Cl)ccc2F)c(O)nc1N(C)C. The first-order chi connectivity index (χ1) is 15.2. The fourth-order valence-corrected chi connectivity index (χ4v) is 3.17. The number of hydrogen-bond acceptors (Lipinski definition) is 7. The second-order valence-electron chi connectivity index (χ2n) is 7.35. The minimum absolute atomic E-state index is 0.0784. The molecule has 0 spiro atoms. The molecule has 3 aromatic rings. The Balaban J connectivity index is 2.07. The molecule has 1 amide bonds. The Morgan fingerprint density at radius 1 is 1.22 bits per heavy atom. The average Bonchev–Trinajstić information content (AvgIpc) is 2.75. The van der Waals surface area contributed by atoms with Gasteiger partial charge < -0.3 is 25.7 Å². The van der Waals surface area contributed by atoms with Crippen LogP contribution < -0.4 is 15.5 Å². The van der Waals surface area contributed by atoms with Crippen LogP contribution in [-0.4, -0.2) is 52.8 Å². The van der Waals surface area contributed by atoms with Gasteiger partial charge in [0.1, 0.15) is 5.82 Å². The van der Waals surface area contributed by atoms with Gasteiger partial charge in [0, 0.05) is 49.2 Å². The molecule has 32 heavy (non-hydrogen) atoms. The van der Waals surface area contributed by atoms with Gasteiger partial charge >= 0.3 is 0 Å². The van der Waals surface area contributed by atoms with Crippen LogP contribution in [0.2, 0.25) is 5.02 Å². The lowest BCUT2D eigenvalue weighted by Gasteiger charge is -2.20. The number of aromatic hydroxyl groups is 1. The molecule has 3 rings (SSSR count). The summed E-state index contributed by atoms with van der Waals surface area (Å²) >= 11 is 6.02. The summed E-state index contributed by atoms with van der Waals surface area (Å²) in [6.45, 7) is 1.64. The number of aliphatic hydroxyl groups excluding tert-OH is 1. The highest BCUT2D eigenvalue weighted by atomic mass is 35.5. The molecule has 0 bridgehead atoms. The molecule has 8 nitrogen and oxygen atoms in total. The first-order valence-corrected chi connectivity index (χ1v) is 10.1. The van der Waals surface area contributed by atoms with E-state index in [2.05, 4.69) is 20.6 Å². The third kappa shape index (κ3) is 5.24. The van der Waals surface area contributed by atoms with Crippen LogP contribution in [0, 0.1) is 5.82 Å². The summed E-state index contributed by atoms with van der Waals surface area (Å²) in [7, 11) is 3.46. The molecule has 0 radical (unpaired) electrons. The number of carbonyl (C=O) groups excluding carboxylic acids is 1. The summed E-state index contributed by atoms with van der Waals surface area (Å²) < 4.78 is 14.5. The Bertz CT molecular complexity index is 1140. The lowest BCUT2D eigenvalue weighted by Crippen LogP contribution is -2.31. The summed E-state index contributed by atoms with van der Waals surface area (Å²) in [5.41, 5.74) is 1.28. The fourth-order valence-electron chi connectivity index (χ4n) is 2.99. The van der Waals surface area contributed by atoms with Crippen molar-refractivity contribution in [1.82, 2.24) is 15.3 Å². The maximum Gasteiger partial charge on any atom is 0.255 e. The van der Waals surface area contributed by atoms with Gasteiger partial charge in [-0.05, 0) is 37.3 Å². The molecular weight excluding hydrogens is 437 g/mol. The molecule has 4 N–H and O–H groups in total. The highest BCUT2D eigenvalue weighted by Gasteiger charge is 2.19. The summed E-state index contributed by atoms with van der Waals surface area (Å²) in [4.78, 5) is 22.4. The number of aliphatic hydroxyl groups is 1. The largest absolute Gasteiger partial charge is 0.493 e. The second kappa shape index (κ2) is 9.80. The van der Waals surface area contributed by atoms with Gasteiger partial charge in [0.2, 0.25) is 5.88 Å². The third-order valence-electron chi connectivity index (χ3n) is 4.52. The van der Waals surface area contributed by atoms with E-state index >= 15 is 0 Å². The van der Waals surface area contributed by atoms with E-state index in [-0.39, 0.29) is 29.1 Å². The van der Waals surface area contributed by atoms with Crippen molar-refractivity contribution in [3.05, 3.63) is 59.1 Å². The smallest absolute Gasteiger partial charge is 0.255 e. The molecule has 0 aliphatic rings. The molecule has 0 aliphatic heterocycles. The highest BCUT2D eigenvalue weighted by molar-refractivity contribution is 6.30. The monoisotopic (exact) mass is 459 g/mol. The molecule has 2 heterocycles. The fraction of sp³-hybridized carbons (Fsp3) is 0.227. The zero-order chi connectivity index (χ0) is 23.4. The zero-order valence-corrected chi connectivity index (χ0v) is 18.5. The molecule has 168 valence electrons. The van der Waals surface area contributed by atoms with E-state index in [4.69, 9.17) is 11.6 Å². The number of nitrogens with zero attached hydrogens (tertiary/aromatic N) is 3. The van der Waals surface area contributed by atoms with Crippen LogP contribution in [0.5, 0.6) is 5.88 Å². The zero-order valence-electron chi connectivity index (χ0n) is 17.7. The highest BCUT2D eigenvalue weighted by Crippen LogP contribution is 2.38. The topological polar surface area (TPSA) is 111 Å². The number of nitrogens with one attached hydrogen (secondary N) is 2. The van der Waals surface area contributed by atoms with Crippen molar-refractivity contribution in [2.75, 3.05) is 30.9 Å². The number of rotatable bonds is 7. The van der Waals surface area contributed by atoms with Crippen LogP contribution in [0.3, 0.4) is 0 Å². The van der Waals surface area contributed by atoms with Gasteiger partial charge in [-0.25, -0.2) is 4.39 Å². The number of anilines is 3. The molecule has 10 heteroatoms. The van der Waals surface area contributed by atoms with Gasteiger partial charge in [-0.15, -0.1) is 0 Å². The van der Waals surface area contributed by atoms with Crippen LogP contribution in [-0.2, 0) is 0 Å². The summed E-state index contributed by atoms with van der Waals surface area (Å²) in [6, 6.07) is 7.15. The number of pyridine rings is 2. The van der Waals surface area contributed by atoms with E-state index in [0.29, 0.717) is 22.2 Å². The Morgan fingerprint density at radius 2 is 1.97 bits per heavy atom. The van der Waals surface area contributed by atoms with E-state index in [9.17, 15) is 19.4 Å². The van der Waals surface area contributed by atoms with Crippen molar-refractivity contribution < 1.29 is 19.4 Å². The van der Waals surface area contributed by atoms with Crippen LogP contribution in [0.4, 0.5) is 21.6 Å². The van der Waals surface area contributed by atoms with Crippen LogP contribution >= 0.6 is 11.6 Å². The Kier molecular flexibility index (Phi) is 7.12. The Morgan fingerprint density at radius 3 is 2.66 bits per heavy atom. The first kappa shape index (κ1) is 23.2. The van der Waals surface area contributed by atoms with Crippen LogP contribution in [0.15, 0.2) is 42.7 Å². The number of amides is 1. The van der Waals surface area contributed by atoms with Crippen molar-refractivity contribution >= 4 is 34.7 Å². The van der Waals surface area contributed by atoms with E-state index in [1.165, 1.54) is 36.7 Å². The normalized spacial score (nSPS) is 11.7. The second-order valence-corrected chi connectivity index (χ2v) is 7.79. The van der Waals surface area contributed by atoms with Crippen molar-refractivity contribution in [1.29, 1.82) is 0 Å². The van der Waals surface area contributed by atoms with Crippen LogP contribution in [0.1, 0.15) is 17.3 Å². The molecule has 1 unspecified atom stereocenters. The van der Waals surface area contributed by atoms with Gasteiger partial charge in [0.25, 0.3) is 5.91 Å². The first-order valence-electron chi connectivity index (χ1n) is 9.71. The van der Waals surface area contributed by atoms with Gasteiger partial charge in [0.15, 0.2) is 5.82 Å². The number of halogens is 2. The minimum atomic E-state index is -0.705. The van der Waals surface area contributed by atoms with E-state index in [0.717, 1.165) is 0 Å². The standard InChI is InChI=1S/C22H23ClFN5O3/c1-12(30)10-26-21(31)16-11-25-7-6-18(16)27-19-9-15(22(32)28-20(19)29(2)3)14-8-13(23)4-5-17(14)24/h4-9,11-12,30H,10H2,1-3H3,(H,25,27)(H,26,31)(H,28,32). The molecular formula is C22H23ClFN5O3. The van der Waals surface area contributed by atoms with Crippen LogP contribution in [0.25, 0.3) is 11.1 Å². The summed E-state index contributed by atoms with van der Waals surface area (Å²) in [5, 5.41) is 26.0. The van der Waals surface area contributed by atoms with E-state index < -0.39 is 17.8 Å². The van der Waals surface area contributed by atoms with Gasteiger partial charge in [-0.1, -0.05) is 11.6 Å². The molecule has 0 saturated heterocycles. The molecule has 0 fully saturated rings. The molecule has 0 saturated carbocycles. The van der Waals surface area contributed by atoms with Crippen molar-refractivity contribution in [2.24, 2.45) is 0 Å². The van der Waals surface area contributed by atoms with E-state index in [1.54, 1.807) is 32.0 Å². The number of carbonyl (C=O) groups is 1. The summed E-state index contributed by atoms with van der Waals surface area (Å²) in [5.74, 6) is -1.01. The minimum Gasteiger partial charge on any atom is -0.493 e. The van der Waals surface area contributed by atoms with Crippen molar-refractivity contribution in [3.63, 3.8) is 0 Å². The lowest BCUT2D eigenvalue weighted by molar-refractivity contribution is 0.0924. The maximum absolute atomic E-state index is 14.5. The van der Waals surface area contributed by atoms with Crippen molar-refractivity contribution in [2.45, 2.75) is 13.0 Å².